The zero-order chi connectivity index (χ0) is 26.0. The van der Waals surface area contributed by atoms with Crippen LogP contribution in [0.1, 0.15) is 50.8 Å². The van der Waals surface area contributed by atoms with Gasteiger partial charge < -0.3 is 15.0 Å². The van der Waals surface area contributed by atoms with E-state index in [4.69, 9.17) is 4.74 Å². The van der Waals surface area contributed by atoms with E-state index in [1.807, 2.05) is 91.9 Å². The molecule has 0 fully saturated rings. The average molecular weight is 487 g/mol. The van der Waals surface area contributed by atoms with Crippen LogP contribution >= 0.6 is 0 Å². The molecule has 5 nitrogen and oxygen atoms in total. The van der Waals surface area contributed by atoms with Crippen molar-refractivity contribution in [1.29, 1.82) is 0 Å². The molecule has 0 aliphatic rings. The van der Waals surface area contributed by atoms with Crippen LogP contribution in [0.15, 0.2) is 84.9 Å². The molecular weight excluding hydrogens is 448 g/mol. The zero-order valence-corrected chi connectivity index (χ0v) is 21.9. The summed E-state index contributed by atoms with van der Waals surface area (Å²) in [6.07, 6.45) is 1.25. The van der Waals surface area contributed by atoms with Crippen molar-refractivity contribution in [2.75, 3.05) is 13.2 Å². The summed E-state index contributed by atoms with van der Waals surface area (Å²) < 4.78 is 5.89. The minimum atomic E-state index is -0.654. The molecule has 0 heterocycles. The van der Waals surface area contributed by atoms with Crippen LogP contribution in [0.25, 0.3) is 0 Å². The van der Waals surface area contributed by atoms with E-state index in [0.717, 1.165) is 17.5 Å². The summed E-state index contributed by atoms with van der Waals surface area (Å²) in [5, 5.41) is 2.99. The Morgan fingerprint density at radius 2 is 1.44 bits per heavy atom. The minimum Gasteiger partial charge on any atom is -0.484 e. The van der Waals surface area contributed by atoms with E-state index >= 15 is 0 Å². The van der Waals surface area contributed by atoms with Crippen LogP contribution in [-0.4, -0.2) is 35.9 Å². The van der Waals surface area contributed by atoms with Gasteiger partial charge in [0.2, 0.25) is 5.91 Å². The third-order valence-electron chi connectivity index (χ3n) is 6.10. The highest BCUT2D eigenvalue weighted by molar-refractivity contribution is 5.88. The molecule has 3 rings (SSSR count). The number of ether oxygens (including phenoxy) is 1. The summed E-state index contributed by atoms with van der Waals surface area (Å²) in [5.41, 5.74) is 3.19. The molecule has 3 aromatic rings. The molecule has 0 aromatic heterocycles. The molecule has 1 N–H and O–H groups in total. The molecule has 1 atom stereocenters. The number of amides is 2. The van der Waals surface area contributed by atoms with Crippen LogP contribution in [-0.2, 0) is 28.0 Å². The lowest BCUT2D eigenvalue weighted by Gasteiger charge is -2.31. The van der Waals surface area contributed by atoms with Crippen LogP contribution in [0.5, 0.6) is 5.75 Å². The summed E-state index contributed by atoms with van der Waals surface area (Å²) in [6, 6.07) is 26.8. The lowest BCUT2D eigenvalue weighted by atomic mass is 9.87. The quantitative estimate of drug-likeness (QED) is 0.388. The van der Waals surface area contributed by atoms with Gasteiger partial charge in [0.05, 0.1) is 0 Å². The number of rotatable bonds is 11. The number of hydrogen-bond donors (Lipinski definition) is 1. The molecule has 2 amide bonds. The van der Waals surface area contributed by atoms with Gasteiger partial charge in [-0.2, -0.15) is 0 Å². The van der Waals surface area contributed by atoms with Crippen molar-refractivity contribution in [3.63, 3.8) is 0 Å². The second-order valence-corrected chi connectivity index (χ2v) is 10.1. The second kappa shape index (κ2) is 12.9. The molecular formula is C31H38N2O3. The Morgan fingerprint density at radius 1 is 0.861 bits per heavy atom. The Kier molecular flexibility index (Phi) is 9.69. The molecule has 1 unspecified atom stereocenters. The Balaban J connectivity index is 1.84. The summed E-state index contributed by atoms with van der Waals surface area (Å²) in [6.45, 7) is 9.22. The first-order chi connectivity index (χ1) is 17.3. The fourth-order valence-corrected chi connectivity index (χ4v) is 3.98. The minimum absolute atomic E-state index is 0.0390. The molecule has 190 valence electrons. The Morgan fingerprint density at radius 3 is 2.00 bits per heavy atom. The van der Waals surface area contributed by atoms with E-state index in [-0.39, 0.29) is 23.8 Å². The first kappa shape index (κ1) is 27.0. The number of benzene rings is 3. The van der Waals surface area contributed by atoms with Crippen molar-refractivity contribution in [1.82, 2.24) is 10.2 Å². The maximum atomic E-state index is 13.6. The van der Waals surface area contributed by atoms with Crippen molar-refractivity contribution < 1.29 is 14.3 Å². The summed E-state index contributed by atoms with van der Waals surface area (Å²) in [7, 11) is 0. The maximum absolute atomic E-state index is 13.6. The molecule has 0 aliphatic heterocycles. The lowest BCUT2D eigenvalue weighted by Crippen LogP contribution is -2.51. The second-order valence-electron chi connectivity index (χ2n) is 10.1. The first-order valence-corrected chi connectivity index (χ1v) is 12.7. The fourth-order valence-electron chi connectivity index (χ4n) is 3.98. The van der Waals surface area contributed by atoms with Crippen molar-refractivity contribution in [2.24, 2.45) is 0 Å². The largest absolute Gasteiger partial charge is 0.484 e. The highest BCUT2D eigenvalue weighted by atomic mass is 16.5. The van der Waals surface area contributed by atoms with Gasteiger partial charge in [-0.05, 0) is 40.7 Å². The smallest absolute Gasteiger partial charge is 0.261 e. The van der Waals surface area contributed by atoms with Crippen molar-refractivity contribution >= 4 is 11.8 Å². The van der Waals surface area contributed by atoms with Crippen molar-refractivity contribution in [3.8, 4) is 5.75 Å². The number of nitrogens with zero attached hydrogens (tertiary/aromatic N) is 1. The molecule has 0 bridgehead atoms. The predicted octanol–water partition coefficient (Wildman–Crippen LogP) is 5.53. The monoisotopic (exact) mass is 486 g/mol. The van der Waals surface area contributed by atoms with E-state index in [0.29, 0.717) is 25.3 Å². The van der Waals surface area contributed by atoms with E-state index in [1.54, 1.807) is 4.90 Å². The number of nitrogens with one attached hydrogen (secondary N) is 1. The maximum Gasteiger partial charge on any atom is 0.261 e. The van der Waals surface area contributed by atoms with Gasteiger partial charge in [-0.3, -0.25) is 9.59 Å². The fraction of sp³-hybridized carbons (Fsp3) is 0.355. The lowest BCUT2D eigenvalue weighted by molar-refractivity contribution is -0.142. The van der Waals surface area contributed by atoms with Crippen LogP contribution in [0.3, 0.4) is 0 Å². The van der Waals surface area contributed by atoms with Crippen LogP contribution in [0, 0.1) is 0 Å². The Labute approximate surface area is 215 Å². The molecule has 36 heavy (non-hydrogen) atoms. The van der Waals surface area contributed by atoms with Gasteiger partial charge in [0.1, 0.15) is 11.8 Å². The van der Waals surface area contributed by atoms with Crippen LogP contribution in [0.2, 0.25) is 0 Å². The topological polar surface area (TPSA) is 58.6 Å². The number of hydrogen-bond acceptors (Lipinski definition) is 3. The predicted molar refractivity (Wildman–Crippen MR) is 145 cm³/mol. The van der Waals surface area contributed by atoms with E-state index < -0.39 is 6.04 Å². The molecule has 0 radical (unpaired) electrons. The van der Waals surface area contributed by atoms with Gasteiger partial charge >= 0.3 is 0 Å². The normalized spacial score (nSPS) is 12.0. The molecule has 0 saturated carbocycles. The molecule has 0 spiro atoms. The van der Waals surface area contributed by atoms with Gasteiger partial charge in [-0.15, -0.1) is 0 Å². The van der Waals surface area contributed by atoms with Crippen molar-refractivity contribution in [3.05, 3.63) is 102 Å². The zero-order valence-electron chi connectivity index (χ0n) is 21.9. The Bertz CT molecular complexity index is 1090. The molecule has 5 heteroatoms. The van der Waals surface area contributed by atoms with Gasteiger partial charge in [-0.1, -0.05) is 100 Å². The summed E-state index contributed by atoms with van der Waals surface area (Å²) >= 11 is 0. The van der Waals surface area contributed by atoms with Crippen LogP contribution in [0.4, 0.5) is 0 Å². The van der Waals surface area contributed by atoms with E-state index in [1.165, 1.54) is 5.56 Å². The Hall–Kier alpha value is -3.60. The average Bonchev–Trinajstić information content (AvgIpc) is 2.88. The molecule has 0 aliphatic carbocycles. The van der Waals surface area contributed by atoms with E-state index in [2.05, 4.69) is 26.1 Å². The number of carbonyl (C=O) groups is 2. The van der Waals surface area contributed by atoms with Gasteiger partial charge in [0, 0.05) is 19.5 Å². The first-order valence-electron chi connectivity index (χ1n) is 12.7. The van der Waals surface area contributed by atoms with E-state index in [9.17, 15) is 9.59 Å². The summed E-state index contributed by atoms with van der Waals surface area (Å²) in [4.78, 5) is 28.5. The SMILES string of the molecule is CCCNC(=O)C(Cc1ccccc1)N(Cc1ccccc1)C(=O)COc1ccc(C(C)(C)C)cc1. The third-order valence-corrected chi connectivity index (χ3v) is 6.10. The van der Waals surface area contributed by atoms with Gasteiger partial charge in [0.15, 0.2) is 6.61 Å². The highest BCUT2D eigenvalue weighted by Gasteiger charge is 2.30. The summed E-state index contributed by atoms with van der Waals surface area (Å²) in [5.74, 6) is 0.247. The van der Waals surface area contributed by atoms with Gasteiger partial charge in [0.25, 0.3) is 5.91 Å². The standard InChI is InChI=1S/C31H38N2O3/c1-5-20-32-30(35)28(21-24-12-8-6-9-13-24)33(22-25-14-10-7-11-15-25)29(34)23-36-27-18-16-26(17-19-27)31(2,3)4/h6-19,28H,5,20-23H2,1-4H3,(H,32,35). The molecule has 3 aromatic carbocycles. The highest BCUT2D eigenvalue weighted by Crippen LogP contribution is 2.24. The van der Waals surface area contributed by atoms with Crippen LogP contribution < -0.4 is 10.1 Å². The van der Waals surface area contributed by atoms with Gasteiger partial charge in [-0.25, -0.2) is 0 Å². The third kappa shape index (κ3) is 7.98. The van der Waals surface area contributed by atoms with Crippen molar-refractivity contribution in [2.45, 2.75) is 58.5 Å². The molecule has 0 saturated heterocycles. The number of carbonyl (C=O) groups excluding carboxylic acids is 2.